The van der Waals surface area contributed by atoms with E-state index in [4.69, 9.17) is 0 Å². The van der Waals surface area contributed by atoms with Crippen molar-refractivity contribution in [2.75, 3.05) is 6.54 Å². The predicted molar refractivity (Wildman–Crippen MR) is 74.4 cm³/mol. The van der Waals surface area contributed by atoms with Gasteiger partial charge in [0.1, 0.15) is 23.0 Å². The van der Waals surface area contributed by atoms with Crippen LogP contribution in [-0.4, -0.2) is 23.7 Å². The van der Waals surface area contributed by atoms with Crippen LogP contribution < -0.4 is 5.32 Å². The van der Waals surface area contributed by atoms with E-state index in [2.05, 4.69) is 10.1 Å². The predicted octanol–water partition coefficient (Wildman–Crippen LogP) is 2.45. The van der Waals surface area contributed by atoms with Gasteiger partial charge in [0.2, 0.25) is 0 Å². The van der Waals surface area contributed by atoms with E-state index in [-0.39, 0.29) is 11.2 Å². The summed E-state index contributed by atoms with van der Waals surface area (Å²) in [5.41, 5.74) is -1.72. The van der Waals surface area contributed by atoms with Gasteiger partial charge in [-0.3, -0.25) is 10.1 Å². The summed E-state index contributed by atoms with van der Waals surface area (Å²) in [7, 11) is 0. The molecule has 118 valence electrons. The summed E-state index contributed by atoms with van der Waals surface area (Å²) < 4.78 is 30.7. The second kappa shape index (κ2) is 6.95. The number of halogens is 2. The Kier molecular flexibility index (Phi) is 5.80. The van der Waals surface area contributed by atoms with Crippen LogP contribution in [0.5, 0.6) is 0 Å². The summed E-state index contributed by atoms with van der Waals surface area (Å²) in [6.07, 6.45) is 1.17. The summed E-state index contributed by atoms with van der Waals surface area (Å²) in [6, 6.07) is 3.10. The SMILES string of the molecule is CC(C)(C)OC=O.OC1(c2cc(F)ccc2F)CCCN1. The molecule has 1 heterocycles. The molecule has 0 aromatic heterocycles. The van der Waals surface area contributed by atoms with E-state index in [1.54, 1.807) is 0 Å². The Morgan fingerprint density at radius 1 is 1.38 bits per heavy atom. The van der Waals surface area contributed by atoms with Gasteiger partial charge in [-0.1, -0.05) is 0 Å². The molecule has 0 aliphatic carbocycles. The van der Waals surface area contributed by atoms with Crippen molar-refractivity contribution >= 4 is 6.47 Å². The molecule has 1 fully saturated rings. The van der Waals surface area contributed by atoms with Gasteiger partial charge in [0.15, 0.2) is 0 Å². The van der Waals surface area contributed by atoms with Crippen molar-refractivity contribution in [2.45, 2.75) is 44.9 Å². The normalized spacial score (nSPS) is 21.4. The number of ether oxygens (including phenoxy) is 1. The molecule has 1 unspecified atom stereocenters. The maximum Gasteiger partial charge on any atom is 0.293 e. The van der Waals surface area contributed by atoms with Crippen LogP contribution in [0, 0.1) is 11.6 Å². The average molecular weight is 301 g/mol. The highest BCUT2D eigenvalue weighted by Gasteiger charge is 2.35. The zero-order valence-electron chi connectivity index (χ0n) is 12.5. The smallest absolute Gasteiger partial charge is 0.293 e. The van der Waals surface area contributed by atoms with Crippen LogP contribution in [0.4, 0.5) is 8.78 Å². The number of rotatable bonds is 2. The lowest BCUT2D eigenvalue weighted by Gasteiger charge is -2.23. The van der Waals surface area contributed by atoms with Crippen LogP contribution >= 0.6 is 0 Å². The molecule has 21 heavy (non-hydrogen) atoms. The average Bonchev–Trinajstić information content (AvgIpc) is 2.80. The second-order valence-electron chi connectivity index (χ2n) is 5.84. The summed E-state index contributed by atoms with van der Waals surface area (Å²) in [5, 5.41) is 12.7. The first kappa shape index (κ1) is 17.5. The molecule has 0 radical (unpaired) electrons. The lowest BCUT2D eigenvalue weighted by Crippen LogP contribution is -2.37. The van der Waals surface area contributed by atoms with Gasteiger partial charge in [0.25, 0.3) is 6.47 Å². The molecule has 2 N–H and O–H groups in total. The Balaban J connectivity index is 0.000000270. The van der Waals surface area contributed by atoms with Crippen molar-refractivity contribution in [3.05, 3.63) is 35.4 Å². The standard InChI is InChI=1S/C10H11F2NO.C5H10O2/c11-7-2-3-9(12)8(6-7)10(14)4-1-5-13-10;1-5(2,3)7-4-6/h2-3,6,13-14H,1,4-5H2;4H,1-3H3. The van der Waals surface area contributed by atoms with Crippen LogP contribution in [0.1, 0.15) is 39.2 Å². The first-order valence-electron chi connectivity index (χ1n) is 6.72. The molecule has 1 saturated heterocycles. The van der Waals surface area contributed by atoms with Crippen molar-refractivity contribution in [2.24, 2.45) is 0 Å². The van der Waals surface area contributed by atoms with E-state index < -0.39 is 17.4 Å². The van der Waals surface area contributed by atoms with E-state index in [0.29, 0.717) is 19.4 Å². The van der Waals surface area contributed by atoms with E-state index in [1.165, 1.54) is 0 Å². The number of benzene rings is 1. The number of carbonyl (C=O) groups excluding carboxylic acids is 1. The van der Waals surface area contributed by atoms with E-state index in [1.807, 2.05) is 20.8 Å². The highest BCUT2D eigenvalue weighted by atomic mass is 19.1. The van der Waals surface area contributed by atoms with Gasteiger partial charge < -0.3 is 9.84 Å². The summed E-state index contributed by atoms with van der Waals surface area (Å²) >= 11 is 0. The summed E-state index contributed by atoms with van der Waals surface area (Å²) in [5.74, 6) is -1.12. The Hall–Kier alpha value is -1.53. The van der Waals surface area contributed by atoms with E-state index in [0.717, 1.165) is 24.6 Å². The number of aliphatic hydroxyl groups is 1. The van der Waals surface area contributed by atoms with Gasteiger partial charge in [-0.25, -0.2) is 8.78 Å². The molecule has 0 bridgehead atoms. The Morgan fingerprint density at radius 3 is 2.48 bits per heavy atom. The largest absolute Gasteiger partial charge is 0.462 e. The van der Waals surface area contributed by atoms with Gasteiger partial charge in [-0.15, -0.1) is 0 Å². The van der Waals surface area contributed by atoms with E-state index >= 15 is 0 Å². The van der Waals surface area contributed by atoms with Gasteiger partial charge in [0.05, 0.1) is 0 Å². The van der Waals surface area contributed by atoms with Crippen LogP contribution in [0.2, 0.25) is 0 Å². The number of hydrogen-bond donors (Lipinski definition) is 2. The second-order valence-corrected chi connectivity index (χ2v) is 5.84. The summed E-state index contributed by atoms with van der Waals surface area (Å²) in [6.45, 7) is 6.54. The molecular weight excluding hydrogens is 280 g/mol. The fourth-order valence-electron chi connectivity index (χ4n) is 1.92. The number of hydrogen-bond acceptors (Lipinski definition) is 4. The van der Waals surface area contributed by atoms with Crippen LogP contribution in [-0.2, 0) is 15.3 Å². The maximum atomic E-state index is 13.3. The fraction of sp³-hybridized carbons (Fsp3) is 0.533. The van der Waals surface area contributed by atoms with E-state index in [9.17, 15) is 18.7 Å². The third kappa shape index (κ3) is 5.40. The molecule has 1 aliphatic heterocycles. The van der Waals surface area contributed by atoms with Crippen LogP contribution in [0.25, 0.3) is 0 Å². The van der Waals surface area contributed by atoms with Crippen LogP contribution in [0.15, 0.2) is 18.2 Å². The maximum absolute atomic E-state index is 13.3. The minimum atomic E-state index is -1.40. The zero-order valence-corrected chi connectivity index (χ0v) is 12.5. The highest BCUT2D eigenvalue weighted by Crippen LogP contribution is 2.30. The molecule has 0 spiro atoms. The van der Waals surface area contributed by atoms with Crippen molar-refractivity contribution < 1.29 is 23.4 Å². The van der Waals surface area contributed by atoms with Crippen molar-refractivity contribution in [3.63, 3.8) is 0 Å². The quantitative estimate of drug-likeness (QED) is 0.824. The molecular formula is C15H21F2NO3. The van der Waals surface area contributed by atoms with Gasteiger partial charge in [0, 0.05) is 5.56 Å². The Labute approximate surface area is 123 Å². The first-order valence-corrected chi connectivity index (χ1v) is 6.72. The summed E-state index contributed by atoms with van der Waals surface area (Å²) in [4.78, 5) is 9.60. The fourth-order valence-corrected chi connectivity index (χ4v) is 1.92. The molecule has 1 atom stereocenters. The molecule has 0 saturated carbocycles. The molecule has 1 aliphatic rings. The minimum absolute atomic E-state index is 0.00463. The van der Waals surface area contributed by atoms with Gasteiger partial charge >= 0.3 is 0 Å². The topological polar surface area (TPSA) is 58.6 Å². The molecule has 4 nitrogen and oxygen atoms in total. The molecule has 1 aromatic rings. The minimum Gasteiger partial charge on any atom is -0.462 e. The molecule has 2 rings (SSSR count). The lowest BCUT2D eigenvalue weighted by molar-refractivity contribution is -0.138. The number of nitrogens with one attached hydrogen (secondary N) is 1. The highest BCUT2D eigenvalue weighted by molar-refractivity contribution is 5.37. The van der Waals surface area contributed by atoms with Gasteiger partial charge in [-0.05, 0) is 58.4 Å². The zero-order chi connectivity index (χ0) is 16.1. The van der Waals surface area contributed by atoms with Crippen molar-refractivity contribution in [1.82, 2.24) is 5.32 Å². The van der Waals surface area contributed by atoms with Gasteiger partial charge in [-0.2, -0.15) is 0 Å². The molecule has 6 heteroatoms. The molecule has 1 aromatic carbocycles. The van der Waals surface area contributed by atoms with Crippen molar-refractivity contribution in [1.29, 1.82) is 0 Å². The first-order chi connectivity index (χ1) is 9.68. The lowest BCUT2D eigenvalue weighted by atomic mass is 10.0. The number of carbonyl (C=O) groups is 1. The monoisotopic (exact) mass is 301 g/mol. The van der Waals surface area contributed by atoms with Crippen LogP contribution in [0.3, 0.4) is 0 Å². The molecule has 0 amide bonds. The third-order valence-corrected chi connectivity index (χ3v) is 2.91. The van der Waals surface area contributed by atoms with Crippen molar-refractivity contribution in [3.8, 4) is 0 Å². The Morgan fingerprint density at radius 2 is 2.05 bits per heavy atom. The third-order valence-electron chi connectivity index (χ3n) is 2.91. The Bertz CT molecular complexity index is 480.